The molecule has 0 radical (unpaired) electrons. The van der Waals surface area contributed by atoms with Gasteiger partial charge in [-0.15, -0.1) is 0 Å². The van der Waals surface area contributed by atoms with E-state index in [0.717, 1.165) is 37.9 Å². The maximum absolute atomic E-state index is 13.9. The van der Waals surface area contributed by atoms with Gasteiger partial charge in [0.15, 0.2) is 23.0 Å². The summed E-state index contributed by atoms with van der Waals surface area (Å²) in [4.78, 5) is 33.4. The Bertz CT molecular complexity index is 1830. The molecule has 4 aromatic rings. The molecule has 1 atom stereocenters. The topological polar surface area (TPSA) is 137 Å². The lowest BCUT2D eigenvalue weighted by Crippen LogP contribution is -2.28. The molecule has 4 heterocycles. The highest BCUT2D eigenvalue weighted by Crippen LogP contribution is 2.37. The van der Waals surface area contributed by atoms with Crippen molar-refractivity contribution in [3.63, 3.8) is 0 Å². The van der Waals surface area contributed by atoms with Gasteiger partial charge in [0.05, 0.1) is 30.3 Å². The second-order valence-electron chi connectivity index (χ2n) is 11.6. The van der Waals surface area contributed by atoms with Gasteiger partial charge in [0.1, 0.15) is 16.2 Å². The van der Waals surface area contributed by atoms with E-state index < -0.39 is 11.7 Å². The molecule has 0 bridgehead atoms. The summed E-state index contributed by atoms with van der Waals surface area (Å²) in [7, 11) is 4.94. The van der Waals surface area contributed by atoms with Crippen molar-refractivity contribution in [3.8, 4) is 5.75 Å². The first kappa shape index (κ1) is 32.5. The van der Waals surface area contributed by atoms with Gasteiger partial charge >= 0.3 is 6.18 Å². The van der Waals surface area contributed by atoms with Crippen LogP contribution in [0.2, 0.25) is 5.02 Å². The van der Waals surface area contributed by atoms with Crippen LogP contribution in [0.25, 0.3) is 16.9 Å². The first-order valence-electron chi connectivity index (χ1n) is 14.9. The number of benzene rings is 1. The molecule has 248 valence electrons. The van der Waals surface area contributed by atoms with Crippen molar-refractivity contribution >= 4 is 51.9 Å². The summed E-state index contributed by atoms with van der Waals surface area (Å²) in [6, 6.07) is 3.87. The third-order valence-electron chi connectivity index (χ3n) is 8.21. The molecule has 1 saturated heterocycles. The van der Waals surface area contributed by atoms with Gasteiger partial charge in [0.2, 0.25) is 11.9 Å². The fourth-order valence-electron chi connectivity index (χ4n) is 5.46. The second-order valence-corrected chi connectivity index (χ2v) is 12.0. The molecule has 1 aliphatic heterocycles. The number of anilines is 3. The smallest absolute Gasteiger partial charge is 0.416 e. The first-order valence-corrected chi connectivity index (χ1v) is 15.3. The predicted molar refractivity (Wildman–Crippen MR) is 170 cm³/mol. The number of imidazole rings is 1. The standard InChI is InChI=1S/C31H33ClF3N9O3/c1-42(29(45)18-4-5-18)25-14-37-22(12-38-25)23(11-36)47-24-13-39-28-27(26(24)32)43(2)30(41-28)40-20-9-17(8-19(10-20)31(33,34)35)15-44-7-6-21(16-44)46-3/h8-14,18,21H,4-7,15-16,36H2,1-3H3,(H,39,40,41)/t21-/m0/s1. The monoisotopic (exact) mass is 671 g/mol. The van der Waals surface area contributed by atoms with Gasteiger partial charge in [-0.2, -0.15) is 18.2 Å². The van der Waals surface area contributed by atoms with E-state index in [-0.39, 0.29) is 51.7 Å². The van der Waals surface area contributed by atoms with Crippen molar-refractivity contribution in [2.45, 2.75) is 38.1 Å². The predicted octanol–water partition coefficient (Wildman–Crippen LogP) is 5.10. The van der Waals surface area contributed by atoms with Gasteiger partial charge < -0.3 is 25.1 Å². The van der Waals surface area contributed by atoms with Crippen LogP contribution in [0.15, 0.2) is 43.0 Å². The Labute approximate surface area is 273 Å². The number of aryl methyl sites for hydroxylation is 1. The van der Waals surface area contributed by atoms with Crippen LogP contribution in [-0.4, -0.2) is 68.7 Å². The molecule has 1 aliphatic carbocycles. The summed E-state index contributed by atoms with van der Waals surface area (Å²) in [5, 5.41) is 3.15. The number of alkyl halides is 3. The number of aromatic nitrogens is 5. The average Bonchev–Trinajstić information content (AvgIpc) is 3.73. The molecule has 47 heavy (non-hydrogen) atoms. The molecule has 2 aliphatic rings. The maximum atomic E-state index is 13.9. The van der Waals surface area contributed by atoms with Gasteiger partial charge in [-0.05, 0) is 43.0 Å². The van der Waals surface area contributed by atoms with E-state index in [0.29, 0.717) is 35.7 Å². The molecule has 0 spiro atoms. The average molecular weight is 672 g/mol. The quantitative estimate of drug-likeness (QED) is 0.219. The fraction of sp³-hybridized carbons (Fsp3) is 0.387. The van der Waals surface area contributed by atoms with Gasteiger partial charge in [0, 0.05) is 58.6 Å². The number of hydrogen-bond acceptors (Lipinski definition) is 10. The Kier molecular flexibility index (Phi) is 8.96. The summed E-state index contributed by atoms with van der Waals surface area (Å²) in [5.41, 5.74) is 6.70. The van der Waals surface area contributed by atoms with Crippen LogP contribution in [0.3, 0.4) is 0 Å². The van der Waals surface area contributed by atoms with Crippen LogP contribution in [0.4, 0.5) is 30.6 Å². The van der Waals surface area contributed by atoms with Crippen molar-refractivity contribution in [1.29, 1.82) is 0 Å². The molecule has 0 unspecified atom stereocenters. The van der Waals surface area contributed by atoms with E-state index >= 15 is 0 Å². The van der Waals surface area contributed by atoms with Crippen molar-refractivity contribution in [2.75, 3.05) is 37.5 Å². The SMILES string of the molecule is CO[C@H]1CCN(Cc2cc(Nc3nc4ncc(OC(=CN)c5cnc(N(C)C(=O)C6CC6)cn5)c(Cl)c4n3C)cc(C(F)(F)F)c2)C1. The molecule has 12 nitrogen and oxygen atoms in total. The van der Waals surface area contributed by atoms with E-state index in [2.05, 4.69) is 30.2 Å². The summed E-state index contributed by atoms with van der Waals surface area (Å²) in [6.45, 7) is 1.72. The lowest BCUT2D eigenvalue weighted by atomic mass is 10.1. The van der Waals surface area contributed by atoms with E-state index in [9.17, 15) is 18.0 Å². The summed E-state index contributed by atoms with van der Waals surface area (Å²) >= 11 is 6.75. The van der Waals surface area contributed by atoms with Crippen molar-refractivity contribution in [1.82, 2.24) is 29.4 Å². The largest absolute Gasteiger partial charge is 0.450 e. The highest BCUT2D eigenvalue weighted by molar-refractivity contribution is 6.36. The van der Waals surface area contributed by atoms with Crippen LogP contribution < -0.4 is 20.7 Å². The van der Waals surface area contributed by atoms with Gasteiger partial charge in [-0.3, -0.25) is 14.6 Å². The third-order valence-corrected chi connectivity index (χ3v) is 8.58. The van der Waals surface area contributed by atoms with Crippen molar-refractivity contribution in [3.05, 3.63) is 64.8 Å². The zero-order valence-corrected chi connectivity index (χ0v) is 26.6. The summed E-state index contributed by atoms with van der Waals surface area (Å²) in [5.74, 6) is 0.905. The number of rotatable bonds is 10. The van der Waals surface area contributed by atoms with Gasteiger partial charge in [-0.1, -0.05) is 11.6 Å². The molecule has 2 fully saturated rings. The Balaban J connectivity index is 1.23. The molecule has 1 aromatic carbocycles. The van der Waals surface area contributed by atoms with Crippen LogP contribution in [0, 0.1) is 5.92 Å². The number of amides is 1. The van der Waals surface area contributed by atoms with Crippen molar-refractivity contribution in [2.24, 2.45) is 18.7 Å². The Morgan fingerprint density at radius 3 is 2.60 bits per heavy atom. The van der Waals surface area contributed by atoms with Crippen molar-refractivity contribution < 1.29 is 27.4 Å². The van der Waals surface area contributed by atoms with E-state index in [1.54, 1.807) is 31.8 Å². The number of nitrogens with two attached hydrogens (primary N) is 1. The zero-order chi connectivity index (χ0) is 33.5. The number of fused-ring (bicyclic) bond motifs is 1. The van der Waals surface area contributed by atoms with Gasteiger partial charge in [0.25, 0.3) is 0 Å². The number of nitrogens with one attached hydrogen (secondary N) is 1. The number of hydrogen-bond donors (Lipinski definition) is 2. The van der Waals surface area contributed by atoms with E-state index in [1.165, 1.54) is 29.7 Å². The highest BCUT2D eigenvalue weighted by Gasteiger charge is 2.34. The van der Waals surface area contributed by atoms with Crippen LogP contribution >= 0.6 is 11.6 Å². The highest BCUT2D eigenvalue weighted by atomic mass is 35.5. The minimum atomic E-state index is -4.54. The number of halogens is 4. The molecule has 1 amide bonds. The number of pyridine rings is 1. The van der Waals surface area contributed by atoms with Crippen LogP contribution in [-0.2, 0) is 29.3 Å². The number of carbonyl (C=O) groups excluding carboxylic acids is 1. The van der Waals surface area contributed by atoms with E-state index in [4.69, 9.17) is 26.8 Å². The Morgan fingerprint density at radius 2 is 1.96 bits per heavy atom. The minimum Gasteiger partial charge on any atom is -0.450 e. The Morgan fingerprint density at radius 1 is 1.17 bits per heavy atom. The van der Waals surface area contributed by atoms with Crippen LogP contribution in [0.5, 0.6) is 5.75 Å². The van der Waals surface area contributed by atoms with E-state index in [1.807, 2.05) is 0 Å². The minimum absolute atomic E-state index is 0.00898. The number of likely N-dealkylation sites (tertiary alicyclic amines) is 1. The molecule has 6 rings (SSSR count). The number of carbonyl (C=O) groups is 1. The lowest BCUT2D eigenvalue weighted by Gasteiger charge is -2.18. The number of nitrogens with zero attached hydrogens (tertiary/aromatic N) is 7. The molecule has 3 N–H and O–H groups in total. The molecular weight excluding hydrogens is 639 g/mol. The first-order chi connectivity index (χ1) is 22.4. The molecule has 16 heteroatoms. The summed E-state index contributed by atoms with van der Waals surface area (Å²) < 4.78 is 54.6. The lowest BCUT2D eigenvalue weighted by molar-refractivity contribution is -0.137. The Hall–Kier alpha value is -4.47. The normalized spacial score (nSPS) is 17.3. The number of ether oxygens (including phenoxy) is 2. The zero-order valence-electron chi connectivity index (χ0n) is 25.9. The number of methoxy groups -OCH3 is 1. The summed E-state index contributed by atoms with van der Waals surface area (Å²) in [6.07, 6.45) is 3.52. The second kappa shape index (κ2) is 13.0. The fourth-order valence-corrected chi connectivity index (χ4v) is 5.76. The molecule has 3 aromatic heterocycles. The third kappa shape index (κ3) is 6.96. The van der Waals surface area contributed by atoms with Crippen LogP contribution in [0.1, 0.15) is 36.1 Å². The molecular formula is C31H33ClF3N9O3. The van der Waals surface area contributed by atoms with Gasteiger partial charge in [-0.25, -0.2) is 15.0 Å². The molecule has 1 saturated carbocycles. The maximum Gasteiger partial charge on any atom is 0.416 e.